The van der Waals surface area contributed by atoms with Gasteiger partial charge in [0.1, 0.15) is 18.1 Å². The van der Waals surface area contributed by atoms with E-state index in [0.29, 0.717) is 6.61 Å². The first-order valence-corrected chi connectivity index (χ1v) is 10.9. The minimum absolute atomic E-state index is 0.0411. The number of carboxylic acids is 1. The van der Waals surface area contributed by atoms with Crippen molar-refractivity contribution in [3.8, 4) is 22.6 Å². The van der Waals surface area contributed by atoms with Crippen LogP contribution < -0.4 is 9.47 Å². The minimum Gasteiger partial charge on any atom is -0.497 e. The third-order valence-corrected chi connectivity index (χ3v) is 5.59. The molecular formula is C28H32O4. The fraction of sp³-hybridized carbons (Fsp3) is 0.321. The highest BCUT2D eigenvalue weighted by atomic mass is 16.5. The Balaban J connectivity index is 1.83. The van der Waals surface area contributed by atoms with E-state index in [9.17, 15) is 4.79 Å². The molecule has 0 radical (unpaired) electrons. The van der Waals surface area contributed by atoms with Gasteiger partial charge in [-0.1, -0.05) is 70.2 Å². The van der Waals surface area contributed by atoms with Crippen molar-refractivity contribution in [3.05, 3.63) is 83.4 Å². The second-order valence-corrected chi connectivity index (χ2v) is 9.22. The number of hydrogen-bond acceptors (Lipinski definition) is 3. The molecule has 3 rings (SSSR count). The molecule has 0 amide bonds. The molecule has 0 spiro atoms. The zero-order chi connectivity index (χ0) is 23.3. The van der Waals surface area contributed by atoms with Gasteiger partial charge in [-0.05, 0) is 63.4 Å². The fourth-order valence-corrected chi connectivity index (χ4v) is 3.80. The van der Waals surface area contributed by atoms with E-state index < -0.39 is 5.97 Å². The first-order valence-electron chi connectivity index (χ1n) is 10.9. The van der Waals surface area contributed by atoms with Crippen LogP contribution in [-0.4, -0.2) is 18.2 Å². The fourth-order valence-electron chi connectivity index (χ4n) is 3.80. The van der Waals surface area contributed by atoms with Gasteiger partial charge in [0, 0.05) is 0 Å². The van der Waals surface area contributed by atoms with Gasteiger partial charge in [0.15, 0.2) is 0 Å². The molecule has 0 fully saturated rings. The first kappa shape index (κ1) is 23.4. The summed E-state index contributed by atoms with van der Waals surface area (Å²) in [5, 5.41) is 9.05. The van der Waals surface area contributed by atoms with Gasteiger partial charge >= 0.3 is 5.97 Å². The predicted molar refractivity (Wildman–Crippen MR) is 129 cm³/mol. The molecule has 1 N–H and O–H groups in total. The Labute approximate surface area is 190 Å². The maximum atomic E-state index is 11.0. The highest BCUT2D eigenvalue weighted by Crippen LogP contribution is 2.35. The van der Waals surface area contributed by atoms with Gasteiger partial charge in [-0.25, -0.2) is 0 Å². The van der Waals surface area contributed by atoms with Crippen LogP contribution >= 0.6 is 0 Å². The van der Waals surface area contributed by atoms with Crippen LogP contribution in [0.4, 0.5) is 0 Å². The lowest BCUT2D eigenvalue weighted by Crippen LogP contribution is -2.14. The van der Waals surface area contributed by atoms with Gasteiger partial charge in [-0.2, -0.15) is 0 Å². The van der Waals surface area contributed by atoms with Crippen molar-refractivity contribution in [2.45, 2.75) is 52.1 Å². The molecule has 4 heteroatoms. The molecule has 3 aromatic carbocycles. The molecule has 0 saturated heterocycles. The molecule has 0 aliphatic carbocycles. The number of rotatable bonds is 8. The summed E-state index contributed by atoms with van der Waals surface area (Å²) in [5.74, 6) is 0.723. The molecule has 0 aliphatic rings. The van der Waals surface area contributed by atoms with Crippen LogP contribution in [0, 0.1) is 0 Å². The molecule has 0 saturated carbocycles. The quantitative estimate of drug-likeness (QED) is 0.424. The molecule has 0 heterocycles. The third-order valence-electron chi connectivity index (χ3n) is 5.59. The van der Waals surface area contributed by atoms with Crippen LogP contribution in [0.25, 0.3) is 11.1 Å². The van der Waals surface area contributed by atoms with E-state index in [2.05, 4.69) is 51.1 Å². The molecular weight excluding hydrogens is 400 g/mol. The first-order chi connectivity index (χ1) is 15.2. The van der Waals surface area contributed by atoms with E-state index in [0.717, 1.165) is 28.2 Å². The molecule has 1 unspecified atom stereocenters. The van der Waals surface area contributed by atoms with Crippen LogP contribution in [0.5, 0.6) is 11.5 Å². The highest BCUT2D eigenvalue weighted by Gasteiger charge is 2.20. The number of hydrogen-bond donors (Lipinski definition) is 1. The van der Waals surface area contributed by atoms with E-state index in [1.165, 1.54) is 11.1 Å². The van der Waals surface area contributed by atoms with Crippen molar-refractivity contribution in [1.29, 1.82) is 0 Å². The summed E-state index contributed by atoms with van der Waals surface area (Å²) < 4.78 is 11.5. The van der Waals surface area contributed by atoms with E-state index >= 15 is 0 Å². The normalized spacial score (nSPS) is 12.3. The smallest absolute Gasteiger partial charge is 0.303 e. The maximum Gasteiger partial charge on any atom is 0.303 e. The third kappa shape index (κ3) is 5.91. The zero-order valence-electron chi connectivity index (χ0n) is 19.5. The average molecular weight is 433 g/mol. The SMILES string of the molecule is COc1cccc(-c2ccc(COc3cccc(C(C)CC(=O)O)c3)cc2C(C)(C)C)c1. The Morgan fingerprint density at radius 1 is 0.969 bits per heavy atom. The van der Waals surface area contributed by atoms with Crippen molar-refractivity contribution < 1.29 is 19.4 Å². The summed E-state index contributed by atoms with van der Waals surface area (Å²) in [6, 6.07) is 22.3. The zero-order valence-corrected chi connectivity index (χ0v) is 19.5. The molecule has 0 aromatic heterocycles. The summed E-state index contributed by atoms with van der Waals surface area (Å²) in [6.45, 7) is 9.00. The van der Waals surface area contributed by atoms with E-state index in [4.69, 9.17) is 14.6 Å². The van der Waals surface area contributed by atoms with Gasteiger partial charge < -0.3 is 14.6 Å². The van der Waals surface area contributed by atoms with Crippen molar-refractivity contribution in [3.63, 3.8) is 0 Å². The molecule has 3 aromatic rings. The van der Waals surface area contributed by atoms with E-state index in [1.807, 2.05) is 43.3 Å². The molecule has 168 valence electrons. The Bertz CT molecular complexity index is 1080. The van der Waals surface area contributed by atoms with Crippen molar-refractivity contribution in [1.82, 2.24) is 0 Å². The van der Waals surface area contributed by atoms with Gasteiger partial charge in [0.05, 0.1) is 13.5 Å². The lowest BCUT2D eigenvalue weighted by atomic mass is 9.81. The standard InChI is InChI=1S/C28H32O4/c1-19(14-27(29)30)21-8-6-11-24(16-21)32-18-20-12-13-25(26(15-20)28(2,3)4)22-9-7-10-23(17-22)31-5/h6-13,15-17,19H,14,18H2,1-5H3,(H,29,30). The largest absolute Gasteiger partial charge is 0.497 e. The van der Waals surface area contributed by atoms with Crippen LogP contribution in [0.1, 0.15) is 56.7 Å². The Morgan fingerprint density at radius 2 is 1.69 bits per heavy atom. The second-order valence-electron chi connectivity index (χ2n) is 9.22. The van der Waals surface area contributed by atoms with Crippen LogP contribution in [0.15, 0.2) is 66.7 Å². The number of carboxylic acid groups (broad SMARTS) is 1. The van der Waals surface area contributed by atoms with Crippen LogP contribution in [0.3, 0.4) is 0 Å². The minimum atomic E-state index is -0.797. The summed E-state index contributed by atoms with van der Waals surface area (Å²) in [4.78, 5) is 11.0. The molecule has 4 nitrogen and oxygen atoms in total. The van der Waals surface area contributed by atoms with Gasteiger partial charge in [0.25, 0.3) is 0 Å². The van der Waals surface area contributed by atoms with Crippen molar-refractivity contribution in [2.24, 2.45) is 0 Å². The average Bonchev–Trinajstić information content (AvgIpc) is 2.76. The molecule has 32 heavy (non-hydrogen) atoms. The topological polar surface area (TPSA) is 55.8 Å². The second kappa shape index (κ2) is 9.90. The maximum absolute atomic E-state index is 11.0. The monoisotopic (exact) mass is 432 g/mol. The van der Waals surface area contributed by atoms with Crippen molar-refractivity contribution in [2.75, 3.05) is 7.11 Å². The Kier molecular flexibility index (Phi) is 7.24. The highest BCUT2D eigenvalue weighted by molar-refractivity contribution is 5.70. The number of ether oxygens (including phenoxy) is 2. The van der Waals surface area contributed by atoms with E-state index in [1.54, 1.807) is 7.11 Å². The van der Waals surface area contributed by atoms with Crippen molar-refractivity contribution >= 4 is 5.97 Å². The number of benzene rings is 3. The van der Waals surface area contributed by atoms with Crippen LogP contribution in [0.2, 0.25) is 0 Å². The summed E-state index contributed by atoms with van der Waals surface area (Å²) in [5.41, 5.74) is 5.57. The molecule has 0 aliphatic heterocycles. The molecule has 0 bridgehead atoms. The lowest BCUT2D eigenvalue weighted by Gasteiger charge is -2.24. The summed E-state index contributed by atoms with van der Waals surface area (Å²) in [7, 11) is 1.68. The Morgan fingerprint density at radius 3 is 2.38 bits per heavy atom. The summed E-state index contributed by atoms with van der Waals surface area (Å²) >= 11 is 0. The predicted octanol–water partition coefficient (Wildman–Crippen LogP) is 6.82. The Hall–Kier alpha value is -3.27. The summed E-state index contributed by atoms with van der Waals surface area (Å²) in [6.07, 6.45) is 0.101. The number of carbonyl (C=O) groups is 1. The molecule has 1 atom stereocenters. The van der Waals surface area contributed by atoms with Gasteiger partial charge in [-0.15, -0.1) is 0 Å². The number of methoxy groups -OCH3 is 1. The van der Waals surface area contributed by atoms with Gasteiger partial charge in [0.2, 0.25) is 0 Å². The number of aliphatic carboxylic acids is 1. The lowest BCUT2D eigenvalue weighted by molar-refractivity contribution is -0.137. The van der Waals surface area contributed by atoms with E-state index in [-0.39, 0.29) is 17.8 Å². The van der Waals surface area contributed by atoms with Gasteiger partial charge in [-0.3, -0.25) is 4.79 Å². The van der Waals surface area contributed by atoms with Crippen LogP contribution in [-0.2, 0) is 16.8 Å².